The lowest BCUT2D eigenvalue weighted by Gasteiger charge is -2.64. The molecule has 0 spiro atoms. The van der Waals surface area contributed by atoms with Crippen molar-refractivity contribution in [1.82, 2.24) is 4.98 Å². The zero-order valence-electron chi connectivity index (χ0n) is 16.2. The first kappa shape index (κ1) is 28.7. The largest absolute Gasteiger partial charge is 0.294 e. The highest BCUT2D eigenvalue weighted by Crippen LogP contribution is 2.68. The average Bonchev–Trinajstić information content (AvgIpc) is 2.80. The standard InChI is InChI=1S/C15H17NO.S15/c17-12-10-14-5-1-2-6-15(14,8-7-14)13-11(12)4-3-9-16-13;1-3-5-7-9-11-13-15-14-12-10-8-6-4-2/h3-4,9H,1-2,5-8,10H2;. The number of fused-ring (bicyclic) bond motifs is 1. The number of carbonyl (C=O) groups excluding carboxylic acids is 1. The Morgan fingerprint density at radius 1 is 0.750 bits per heavy atom. The van der Waals surface area contributed by atoms with Crippen molar-refractivity contribution in [1.29, 1.82) is 0 Å². The van der Waals surface area contributed by atoms with E-state index in [1.54, 1.807) is 97.7 Å². The minimum Gasteiger partial charge on any atom is -0.294 e. The van der Waals surface area contributed by atoms with E-state index >= 15 is 0 Å². The summed E-state index contributed by atoms with van der Waals surface area (Å²) in [6.07, 6.45) is 10.3. The molecule has 0 aromatic carbocycles. The molecular weight excluding hydrogens is 691 g/mol. The molecule has 1 heterocycles. The Kier molecular flexibility index (Phi) is 13.8. The molecule has 0 aliphatic heterocycles. The van der Waals surface area contributed by atoms with Crippen LogP contribution >= 0.6 is 0 Å². The molecule has 4 rings (SSSR count). The smallest absolute Gasteiger partial charge is 0.165 e. The number of pyridine rings is 1. The molecule has 2 fully saturated rings. The number of aromatic nitrogens is 1. The van der Waals surface area contributed by atoms with Crippen molar-refractivity contribution in [3.8, 4) is 0 Å². The molecule has 0 bridgehead atoms. The van der Waals surface area contributed by atoms with Gasteiger partial charge in [0.25, 0.3) is 0 Å². The number of rotatable bonds is 0. The third-order valence-electron chi connectivity index (χ3n) is 5.95. The summed E-state index contributed by atoms with van der Waals surface area (Å²) in [5.74, 6) is 0.338. The van der Waals surface area contributed by atoms with E-state index in [4.69, 9.17) is 22.4 Å². The first-order chi connectivity index (χ1) is 15.7. The molecule has 2 nitrogen and oxygen atoms in total. The summed E-state index contributed by atoms with van der Waals surface area (Å²) >= 11 is 9.45. The van der Waals surface area contributed by atoms with E-state index in [1.807, 2.05) is 18.3 Å². The van der Waals surface area contributed by atoms with Crippen molar-refractivity contribution in [2.45, 2.75) is 50.4 Å². The summed E-state index contributed by atoms with van der Waals surface area (Å²) in [7, 11) is 21.7. The highest BCUT2D eigenvalue weighted by Gasteiger charge is 2.64. The molecule has 0 N–H and O–H groups in total. The monoisotopic (exact) mass is 707 g/mol. The second kappa shape index (κ2) is 15.4. The SMILES string of the molecule is O=C1CC23CCCCC2(CC3)c2ncccc21.S=S=S=S=S=S=S=S=S=S=S=S=S=S=S. The van der Waals surface area contributed by atoms with Gasteiger partial charge in [0.05, 0.1) is 5.69 Å². The maximum atomic E-state index is 12.3. The van der Waals surface area contributed by atoms with E-state index in [2.05, 4.69) is 4.98 Å². The Bertz CT molecular complexity index is 1390. The van der Waals surface area contributed by atoms with Crippen LogP contribution in [0.3, 0.4) is 0 Å². The summed E-state index contributed by atoms with van der Waals surface area (Å²) in [5.41, 5.74) is 2.63. The van der Waals surface area contributed by atoms with E-state index < -0.39 is 0 Å². The molecule has 2 saturated carbocycles. The van der Waals surface area contributed by atoms with Crippen LogP contribution in [0.25, 0.3) is 0 Å². The second-order valence-electron chi connectivity index (χ2n) is 6.95. The topological polar surface area (TPSA) is 30.0 Å². The van der Waals surface area contributed by atoms with Crippen LogP contribution in [0.5, 0.6) is 0 Å². The van der Waals surface area contributed by atoms with Crippen LogP contribution in [0.15, 0.2) is 18.3 Å². The molecule has 32 heavy (non-hydrogen) atoms. The maximum Gasteiger partial charge on any atom is 0.165 e. The van der Waals surface area contributed by atoms with Gasteiger partial charge in [0.2, 0.25) is 0 Å². The fourth-order valence-electron chi connectivity index (χ4n) is 4.80. The Morgan fingerprint density at radius 2 is 1.31 bits per heavy atom. The lowest BCUT2D eigenvalue weighted by atomic mass is 9.39. The van der Waals surface area contributed by atoms with E-state index in [1.165, 1.54) is 56.3 Å². The number of hydrogen-bond acceptors (Lipinski definition) is 4. The van der Waals surface area contributed by atoms with Crippen molar-refractivity contribution in [3.63, 3.8) is 0 Å². The van der Waals surface area contributed by atoms with Gasteiger partial charge >= 0.3 is 0 Å². The summed E-state index contributed by atoms with van der Waals surface area (Å²) in [4.78, 5) is 16.9. The summed E-state index contributed by atoms with van der Waals surface area (Å²) < 4.78 is 0. The van der Waals surface area contributed by atoms with Crippen molar-refractivity contribution >= 4 is 144 Å². The maximum absolute atomic E-state index is 12.3. The van der Waals surface area contributed by atoms with Gasteiger partial charge in [0.15, 0.2) is 5.78 Å². The molecule has 1 aromatic heterocycles. The van der Waals surface area contributed by atoms with E-state index in [0.717, 1.165) is 17.7 Å². The van der Waals surface area contributed by atoms with Crippen LogP contribution in [-0.4, -0.2) is 10.8 Å². The van der Waals surface area contributed by atoms with Crippen molar-refractivity contribution in [2.75, 3.05) is 0 Å². The van der Waals surface area contributed by atoms with Gasteiger partial charge in [-0.15, -0.1) is 0 Å². The molecule has 178 valence electrons. The van der Waals surface area contributed by atoms with Gasteiger partial charge < -0.3 is 0 Å². The third kappa shape index (κ3) is 7.34. The number of carbonyl (C=O) groups is 1. The molecule has 0 radical (unpaired) electrons. The number of hydrogen-bond donors (Lipinski definition) is 0. The highest BCUT2D eigenvalue weighted by atomic mass is 33.5. The van der Waals surface area contributed by atoms with Crippen LogP contribution in [0.1, 0.15) is 61.0 Å². The summed E-state index contributed by atoms with van der Waals surface area (Å²) in [5, 5.41) is 0. The van der Waals surface area contributed by atoms with Gasteiger partial charge in [0, 0.05) is 161 Å². The lowest BCUT2D eigenvalue weighted by molar-refractivity contribution is -0.0605. The zero-order chi connectivity index (χ0) is 22.7. The number of nitrogens with zero attached hydrogens (tertiary/aromatic N) is 1. The van der Waals surface area contributed by atoms with Gasteiger partial charge in [-0.3, -0.25) is 9.78 Å². The third-order valence-corrected chi connectivity index (χ3v) is 32.6. The first-order valence-corrected chi connectivity index (χ1v) is 27.8. The van der Waals surface area contributed by atoms with Crippen molar-refractivity contribution in [2.24, 2.45) is 5.41 Å². The quantitative estimate of drug-likeness (QED) is 0.415. The van der Waals surface area contributed by atoms with Crippen molar-refractivity contribution < 1.29 is 4.79 Å². The predicted molar refractivity (Wildman–Crippen MR) is 175 cm³/mol. The van der Waals surface area contributed by atoms with Gasteiger partial charge in [-0.1, -0.05) is 12.8 Å². The van der Waals surface area contributed by atoms with Crippen LogP contribution in [0, 0.1) is 5.41 Å². The highest BCUT2D eigenvalue weighted by molar-refractivity contribution is 8.76. The Morgan fingerprint density at radius 3 is 1.84 bits per heavy atom. The fraction of sp³-hybridized carbons (Fsp3) is 0.600. The molecule has 0 amide bonds. The van der Waals surface area contributed by atoms with Crippen molar-refractivity contribution in [3.05, 3.63) is 29.6 Å². The van der Waals surface area contributed by atoms with E-state index in [-0.39, 0.29) is 5.41 Å². The molecule has 17 heteroatoms. The van der Waals surface area contributed by atoms with Gasteiger partial charge in [-0.25, -0.2) is 0 Å². The minimum atomic E-state index is 0.274. The molecule has 3 aliphatic carbocycles. The van der Waals surface area contributed by atoms with Gasteiger partial charge in [0.1, 0.15) is 0 Å². The summed E-state index contributed by atoms with van der Waals surface area (Å²) in [6, 6.07) is 3.89. The van der Waals surface area contributed by atoms with Crippen LogP contribution in [0.4, 0.5) is 0 Å². The number of ketones is 1. The molecule has 2 atom stereocenters. The average molecular weight is 708 g/mol. The molecule has 0 saturated heterocycles. The first-order valence-electron chi connectivity index (χ1n) is 9.10. The predicted octanol–water partition coefficient (Wildman–Crippen LogP) is 3.22. The minimum absolute atomic E-state index is 0.274. The van der Waals surface area contributed by atoms with E-state index in [9.17, 15) is 4.79 Å². The molecule has 3 aliphatic rings. The van der Waals surface area contributed by atoms with E-state index in [0.29, 0.717) is 11.2 Å². The zero-order valence-corrected chi connectivity index (χ0v) is 28.4. The normalized spacial score (nSPS) is 23.9. The Hall–Kier alpha value is 2.12. The Labute approximate surface area is 235 Å². The molecular formula is C15H17NOS15. The second-order valence-corrected chi connectivity index (χ2v) is 30.0. The van der Waals surface area contributed by atoms with Crippen LogP contribution in [0.2, 0.25) is 0 Å². The molecule has 1 aromatic rings. The summed E-state index contributed by atoms with van der Waals surface area (Å²) in [6.45, 7) is 0. The van der Waals surface area contributed by atoms with Gasteiger partial charge in [-0.05, 0) is 43.2 Å². The Balaban J connectivity index is 0.000000183. The number of Topliss-reactive ketones (excluding diaryl/α,β-unsaturated/α-hetero) is 1. The van der Waals surface area contributed by atoms with Gasteiger partial charge in [-0.2, -0.15) is 0 Å². The fourth-order valence-corrected chi connectivity index (χ4v) is 35.0. The lowest BCUT2D eigenvalue weighted by Crippen LogP contribution is -2.60. The van der Waals surface area contributed by atoms with Crippen LogP contribution < -0.4 is 0 Å². The molecule has 2 unspecified atom stereocenters. The van der Waals surface area contributed by atoms with Crippen LogP contribution in [-0.2, 0) is 143 Å².